The highest BCUT2D eigenvalue weighted by molar-refractivity contribution is 5.91. The number of anilines is 2. The molecule has 20 heavy (non-hydrogen) atoms. The molecule has 0 unspecified atom stereocenters. The molecule has 1 amide bonds. The number of rotatable bonds is 5. The Balaban J connectivity index is 3.11. The van der Waals surface area contributed by atoms with Gasteiger partial charge in [0, 0.05) is 12.1 Å². The highest BCUT2D eigenvalue weighted by atomic mass is 16.3. The number of nitrogens with one attached hydrogen (secondary N) is 1. The average molecular weight is 280 g/mol. The van der Waals surface area contributed by atoms with Gasteiger partial charge in [-0.15, -0.1) is 0 Å². The summed E-state index contributed by atoms with van der Waals surface area (Å²) in [4.78, 5) is 13.0. The van der Waals surface area contributed by atoms with Gasteiger partial charge < -0.3 is 10.4 Å². The van der Waals surface area contributed by atoms with E-state index in [1.165, 1.54) is 5.01 Å². The maximum atomic E-state index is 11.4. The Morgan fingerprint density at radius 3 is 2.55 bits per heavy atom. The van der Waals surface area contributed by atoms with Crippen LogP contribution in [0.25, 0.3) is 0 Å². The van der Waals surface area contributed by atoms with Gasteiger partial charge in [-0.1, -0.05) is 13.0 Å². The summed E-state index contributed by atoms with van der Waals surface area (Å²) >= 11 is 0. The Morgan fingerprint density at radius 1 is 1.45 bits per heavy atom. The fourth-order valence-corrected chi connectivity index (χ4v) is 1.64. The first-order valence-electron chi connectivity index (χ1n) is 6.55. The number of aliphatic hydroxyl groups is 1. The molecule has 1 rings (SSSR count). The van der Waals surface area contributed by atoms with Crippen molar-refractivity contribution in [3.8, 4) is 0 Å². The van der Waals surface area contributed by atoms with E-state index in [1.807, 2.05) is 19.1 Å². The second kappa shape index (κ2) is 6.21. The van der Waals surface area contributed by atoms with Crippen molar-refractivity contribution in [2.75, 3.05) is 24.4 Å². The Kier molecular flexibility index (Phi) is 5.10. The molecule has 0 spiro atoms. The van der Waals surface area contributed by atoms with Crippen LogP contribution in [-0.2, 0) is 4.79 Å². The molecule has 0 saturated carbocycles. The van der Waals surface area contributed by atoms with Crippen molar-refractivity contribution in [3.05, 3.63) is 23.8 Å². The van der Waals surface area contributed by atoms with E-state index in [2.05, 4.69) is 5.32 Å². The first-order valence-corrected chi connectivity index (χ1v) is 6.55. The summed E-state index contributed by atoms with van der Waals surface area (Å²) in [6, 6.07) is 5.41. The zero-order valence-electron chi connectivity index (χ0n) is 12.8. The SMILES string of the molecule is CCC(=O)Nc1ccc(C)c(N(N)[C@](C)(O)N(C)C)c1. The van der Waals surface area contributed by atoms with Crippen LogP contribution in [0.2, 0.25) is 0 Å². The summed E-state index contributed by atoms with van der Waals surface area (Å²) in [5.41, 5.74) is 2.21. The summed E-state index contributed by atoms with van der Waals surface area (Å²) < 4.78 is 0. The summed E-state index contributed by atoms with van der Waals surface area (Å²) in [6.45, 7) is 5.28. The lowest BCUT2D eigenvalue weighted by Crippen LogP contribution is -2.60. The molecule has 4 N–H and O–H groups in total. The number of nitrogens with zero attached hydrogens (tertiary/aromatic N) is 2. The van der Waals surface area contributed by atoms with Gasteiger partial charge in [-0.2, -0.15) is 0 Å². The van der Waals surface area contributed by atoms with Crippen LogP contribution in [0.5, 0.6) is 0 Å². The van der Waals surface area contributed by atoms with Gasteiger partial charge in [0.1, 0.15) is 0 Å². The molecule has 1 aromatic carbocycles. The first kappa shape index (κ1) is 16.4. The van der Waals surface area contributed by atoms with Crippen LogP contribution in [0, 0.1) is 6.92 Å². The predicted molar refractivity (Wildman–Crippen MR) is 81.1 cm³/mol. The highest BCUT2D eigenvalue weighted by Gasteiger charge is 2.30. The van der Waals surface area contributed by atoms with Crippen LogP contribution in [0.15, 0.2) is 18.2 Å². The summed E-state index contributed by atoms with van der Waals surface area (Å²) in [6.07, 6.45) is 0.408. The average Bonchev–Trinajstić information content (AvgIpc) is 2.39. The number of hydrogen-bond donors (Lipinski definition) is 3. The van der Waals surface area contributed by atoms with Crippen molar-refractivity contribution in [1.29, 1.82) is 0 Å². The van der Waals surface area contributed by atoms with Crippen molar-refractivity contribution >= 4 is 17.3 Å². The molecule has 0 aliphatic carbocycles. The first-order chi connectivity index (χ1) is 9.20. The van der Waals surface area contributed by atoms with Crippen LogP contribution in [0.1, 0.15) is 25.8 Å². The third-order valence-corrected chi connectivity index (χ3v) is 3.38. The van der Waals surface area contributed by atoms with Crippen molar-refractivity contribution < 1.29 is 9.90 Å². The Bertz CT molecular complexity index is 486. The van der Waals surface area contributed by atoms with Crippen molar-refractivity contribution in [3.63, 3.8) is 0 Å². The van der Waals surface area contributed by atoms with E-state index < -0.39 is 5.85 Å². The third-order valence-electron chi connectivity index (χ3n) is 3.38. The van der Waals surface area contributed by atoms with Crippen molar-refractivity contribution in [2.45, 2.75) is 33.0 Å². The third kappa shape index (κ3) is 3.47. The minimum atomic E-state index is -1.34. The molecular weight excluding hydrogens is 256 g/mol. The van der Waals surface area contributed by atoms with E-state index in [0.29, 0.717) is 17.8 Å². The standard InChI is InChI=1S/C14H24N4O2/c1-6-13(19)16-11-8-7-10(2)12(9-11)18(15)14(3,20)17(4)5/h7-9,20H,6,15H2,1-5H3,(H,16,19)/t14-/m1/s1. The number of carbonyl (C=O) groups excluding carboxylic acids is 1. The lowest BCUT2D eigenvalue weighted by molar-refractivity contribution is -0.115. The lowest BCUT2D eigenvalue weighted by atomic mass is 10.1. The van der Waals surface area contributed by atoms with Gasteiger partial charge in [0.05, 0.1) is 5.69 Å². The van der Waals surface area contributed by atoms with Crippen LogP contribution < -0.4 is 16.2 Å². The molecule has 0 heterocycles. The van der Waals surface area contributed by atoms with Crippen LogP contribution >= 0.6 is 0 Å². The van der Waals surface area contributed by atoms with E-state index >= 15 is 0 Å². The van der Waals surface area contributed by atoms with Crippen LogP contribution in [0.4, 0.5) is 11.4 Å². The molecule has 0 aliphatic heterocycles. The second-order valence-corrected chi connectivity index (χ2v) is 5.14. The van der Waals surface area contributed by atoms with E-state index in [9.17, 15) is 9.90 Å². The monoisotopic (exact) mass is 280 g/mol. The van der Waals surface area contributed by atoms with Crippen LogP contribution in [-0.4, -0.2) is 35.9 Å². The summed E-state index contributed by atoms with van der Waals surface area (Å²) in [7, 11) is 3.47. The number of hydrazine groups is 1. The number of aryl methyl sites for hydroxylation is 1. The smallest absolute Gasteiger partial charge is 0.224 e. The van der Waals surface area contributed by atoms with Gasteiger partial charge in [-0.3, -0.25) is 14.7 Å². The predicted octanol–water partition coefficient (Wildman–Crippen LogP) is 1.25. The van der Waals surface area contributed by atoms with E-state index in [-0.39, 0.29) is 5.91 Å². The molecule has 0 aliphatic rings. The molecule has 0 aromatic heterocycles. The number of benzene rings is 1. The molecule has 0 radical (unpaired) electrons. The topological polar surface area (TPSA) is 81.8 Å². The number of carbonyl (C=O) groups is 1. The lowest BCUT2D eigenvalue weighted by Gasteiger charge is -2.40. The summed E-state index contributed by atoms with van der Waals surface area (Å²) in [5, 5.41) is 14.5. The number of nitrogens with two attached hydrogens (primary N) is 1. The zero-order valence-corrected chi connectivity index (χ0v) is 12.8. The molecule has 6 nitrogen and oxygen atoms in total. The van der Waals surface area contributed by atoms with Crippen molar-refractivity contribution in [2.24, 2.45) is 5.84 Å². The maximum Gasteiger partial charge on any atom is 0.224 e. The molecule has 1 atom stereocenters. The minimum Gasteiger partial charge on any atom is -0.357 e. The van der Waals surface area contributed by atoms with E-state index in [0.717, 1.165) is 5.56 Å². The van der Waals surface area contributed by atoms with Gasteiger partial charge in [0.15, 0.2) is 0 Å². The number of amides is 1. The Morgan fingerprint density at radius 2 is 2.05 bits per heavy atom. The van der Waals surface area contributed by atoms with Gasteiger partial charge in [-0.05, 0) is 45.6 Å². The van der Waals surface area contributed by atoms with Crippen molar-refractivity contribution in [1.82, 2.24) is 4.90 Å². The van der Waals surface area contributed by atoms with Gasteiger partial charge >= 0.3 is 0 Å². The number of hydrogen-bond acceptors (Lipinski definition) is 5. The molecular formula is C14H24N4O2. The molecule has 6 heteroatoms. The molecule has 0 bridgehead atoms. The highest BCUT2D eigenvalue weighted by Crippen LogP contribution is 2.27. The van der Waals surface area contributed by atoms with E-state index in [1.54, 1.807) is 38.9 Å². The Labute approximate surface area is 120 Å². The molecule has 0 saturated heterocycles. The zero-order chi connectivity index (χ0) is 15.5. The minimum absolute atomic E-state index is 0.0669. The fourth-order valence-electron chi connectivity index (χ4n) is 1.64. The quantitative estimate of drug-likeness (QED) is 0.429. The van der Waals surface area contributed by atoms with Crippen LogP contribution in [0.3, 0.4) is 0 Å². The molecule has 0 fully saturated rings. The van der Waals surface area contributed by atoms with Gasteiger partial charge in [0.2, 0.25) is 11.8 Å². The van der Waals surface area contributed by atoms with E-state index in [4.69, 9.17) is 5.84 Å². The maximum absolute atomic E-state index is 11.4. The second-order valence-electron chi connectivity index (χ2n) is 5.14. The Hall–Kier alpha value is -1.63. The normalized spacial score (nSPS) is 14.0. The summed E-state index contributed by atoms with van der Waals surface area (Å²) in [5.74, 6) is 4.63. The largest absolute Gasteiger partial charge is 0.357 e. The van der Waals surface area contributed by atoms with Gasteiger partial charge in [0.25, 0.3) is 0 Å². The molecule has 1 aromatic rings. The molecule has 112 valence electrons. The fraction of sp³-hybridized carbons (Fsp3) is 0.500. The van der Waals surface area contributed by atoms with Gasteiger partial charge in [-0.25, -0.2) is 5.84 Å².